The van der Waals surface area contributed by atoms with Crippen molar-refractivity contribution < 1.29 is 46.9 Å². The Balaban J connectivity index is 0.000000777. The summed E-state index contributed by atoms with van der Waals surface area (Å²) in [5.74, 6) is 0. The van der Waals surface area contributed by atoms with Crippen molar-refractivity contribution in [2.45, 2.75) is 39.5 Å². The molecule has 148 valence electrons. The maximum absolute atomic E-state index is 9.84. The van der Waals surface area contributed by atoms with Gasteiger partial charge >= 0.3 is 50.3 Å². The van der Waals surface area contributed by atoms with Crippen LogP contribution in [0.15, 0.2) is 48.5 Å². The Hall–Kier alpha value is -0.820. The number of benzene rings is 2. The minimum Gasteiger partial charge on any atom is -1.00 e. The Bertz CT molecular complexity index is 659. The molecule has 0 radical (unpaired) electrons. The quantitative estimate of drug-likeness (QED) is 0.335. The van der Waals surface area contributed by atoms with E-state index in [4.69, 9.17) is 0 Å². The van der Waals surface area contributed by atoms with Crippen LogP contribution in [0.5, 0.6) is 0 Å². The van der Waals surface area contributed by atoms with Crippen molar-refractivity contribution in [3.63, 3.8) is 0 Å². The van der Waals surface area contributed by atoms with Crippen LogP contribution in [0.3, 0.4) is 0 Å². The maximum Gasteiger partial charge on any atom is -1.00 e. The first-order chi connectivity index (χ1) is 11.2. The molecule has 0 aliphatic heterocycles. The second-order valence-electron chi connectivity index (χ2n) is 6.27. The van der Waals surface area contributed by atoms with Crippen molar-refractivity contribution in [2.24, 2.45) is 0 Å². The molecule has 0 unspecified atom stereocenters. The second-order valence-corrected chi connectivity index (χ2v) is 10.6. The maximum atomic E-state index is 9.84. The first kappa shape index (κ1) is 25.2. The van der Waals surface area contributed by atoms with Gasteiger partial charge in [0.05, 0.1) is 0 Å². The Morgan fingerprint density at radius 3 is 1.50 bits per heavy atom. The molecule has 0 saturated carbocycles. The van der Waals surface area contributed by atoms with Gasteiger partial charge in [-0.2, -0.15) is 0 Å². The van der Waals surface area contributed by atoms with Crippen LogP contribution < -0.4 is 25.9 Å². The SMILES string of the molecule is CCC(C)(C)c1ccc([I+]c2ccc(C)cc2)cc1.FP(F)(F)(F)F.[F-]. The molecule has 0 N–H and O–H groups in total. The summed E-state index contributed by atoms with van der Waals surface area (Å²) in [7, 11) is -8.55. The molecule has 0 bridgehead atoms. The summed E-state index contributed by atoms with van der Waals surface area (Å²) < 4.78 is 52.2. The number of hydrogen-bond donors (Lipinski definition) is 0. The number of hydrogen-bond acceptors (Lipinski definition) is 0. The molecule has 0 aliphatic rings. The van der Waals surface area contributed by atoms with Crippen molar-refractivity contribution in [1.82, 2.24) is 0 Å². The molecular weight excluding hydrogens is 488 g/mol. The Labute approximate surface area is 161 Å². The minimum atomic E-state index is -8.55. The molecule has 0 aliphatic carbocycles. The summed E-state index contributed by atoms with van der Waals surface area (Å²) in [5, 5.41) is 0. The molecule has 0 nitrogen and oxygen atoms in total. The monoisotopic (exact) mass is 510 g/mol. The van der Waals surface area contributed by atoms with Crippen LogP contribution in [-0.2, 0) is 5.41 Å². The average molecular weight is 510 g/mol. The first-order valence-electron chi connectivity index (χ1n) is 7.68. The third-order valence-electron chi connectivity index (χ3n) is 3.74. The van der Waals surface area contributed by atoms with E-state index in [0.29, 0.717) is 5.41 Å². The van der Waals surface area contributed by atoms with E-state index in [1.807, 2.05) is 0 Å². The molecule has 0 amide bonds. The van der Waals surface area contributed by atoms with Gasteiger partial charge in [0.1, 0.15) is 0 Å². The van der Waals surface area contributed by atoms with Gasteiger partial charge in [0, 0.05) is 0 Å². The predicted octanol–water partition coefficient (Wildman–Crippen LogP) is 1.78. The van der Waals surface area contributed by atoms with Gasteiger partial charge in [-0.25, -0.2) is 0 Å². The molecule has 8 heteroatoms. The standard InChI is InChI=1S/C18H22I.F5P.FH/c1-5-18(3,4)15-8-12-17(13-9-15)19-16-10-6-14(2)7-11-16;1-6(2,3,4)5;/h6-13H,5H2,1-4H3;;1H/q+1;;/p-1. The van der Waals surface area contributed by atoms with E-state index < -0.39 is 8.16 Å². The molecule has 0 heterocycles. The topological polar surface area (TPSA) is 0 Å². The van der Waals surface area contributed by atoms with Crippen LogP contribution in [-0.4, -0.2) is 0 Å². The van der Waals surface area contributed by atoms with Crippen LogP contribution in [0.1, 0.15) is 38.3 Å². The van der Waals surface area contributed by atoms with Crippen molar-refractivity contribution in [1.29, 1.82) is 0 Å². The molecule has 2 aromatic rings. The zero-order valence-corrected chi connectivity index (χ0v) is 18.0. The van der Waals surface area contributed by atoms with Crippen molar-refractivity contribution in [3.8, 4) is 0 Å². The van der Waals surface area contributed by atoms with E-state index in [1.165, 1.54) is 24.7 Å². The zero-order valence-electron chi connectivity index (χ0n) is 14.9. The van der Waals surface area contributed by atoms with Crippen LogP contribution >= 0.6 is 8.16 Å². The summed E-state index contributed by atoms with van der Waals surface area (Å²) in [4.78, 5) is 0. The van der Waals surface area contributed by atoms with Gasteiger partial charge in [-0.05, 0) is 48.6 Å². The molecule has 0 saturated heterocycles. The number of aryl methyl sites for hydroxylation is 1. The zero-order chi connectivity index (χ0) is 19.3. The van der Waals surface area contributed by atoms with E-state index in [0.717, 1.165) is 0 Å². The van der Waals surface area contributed by atoms with Crippen molar-refractivity contribution in [2.75, 3.05) is 0 Å². The van der Waals surface area contributed by atoms with E-state index in [-0.39, 0.29) is 25.9 Å². The van der Waals surface area contributed by atoms with Gasteiger partial charge < -0.3 is 4.70 Å². The molecule has 0 aromatic heterocycles. The third kappa shape index (κ3) is 11.0. The first-order valence-corrected chi connectivity index (χ1v) is 11.5. The Kier molecular flexibility index (Phi) is 9.10. The van der Waals surface area contributed by atoms with Gasteiger partial charge in [0.2, 0.25) is 0 Å². The molecule has 2 aromatic carbocycles. The molecule has 0 spiro atoms. The van der Waals surface area contributed by atoms with Crippen LogP contribution in [0.2, 0.25) is 0 Å². The molecule has 0 fully saturated rings. The van der Waals surface area contributed by atoms with Crippen LogP contribution in [0.25, 0.3) is 0 Å². The summed E-state index contributed by atoms with van der Waals surface area (Å²) in [6.07, 6.45) is 1.18. The Morgan fingerprint density at radius 2 is 1.15 bits per heavy atom. The fraction of sp³-hybridized carbons (Fsp3) is 0.333. The Morgan fingerprint density at radius 1 is 0.808 bits per heavy atom. The minimum absolute atomic E-state index is 0. The van der Waals surface area contributed by atoms with E-state index in [1.54, 1.807) is 0 Å². The van der Waals surface area contributed by atoms with E-state index in [9.17, 15) is 21.0 Å². The van der Waals surface area contributed by atoms with Crippen LogP contribution in [0.4, 0.5) is 21.0 Å². The molecule has 26 heavy (non-hydrogen) atoms. The van der Waals surface area contributed by atoms with Crippen molar-refractivity contribution in [3.05, 3.63) is 66.8 Å². The smallest absolute Gasteiger partial charge is 1.00 e. The normalized spacial score (nSPS) is 12.9. The van der Waals surface area contributed by atoms with Gasteiger partial charge in [0.15, 0.2) is 7.14 Å². The molecular formula is C18H22F6IP. The number of halogens is 7. The molecule has 2 rings (SSSR count). The fourth-order valence-corrected chi connectivity index (χ4v) is 4.05. The largest absolute Gasteiger partial charge is 1.00 e. The fourth-order valence-electron chi connectivity index (χ4n) is 1.89. The second kappa shape index (κ2) is 9.40. The van der Waals surface area contributed by atoms with Gasteiger partial charge in [-0.3, -0.25) is 0 Å². The number of rotatable bonds is 4. The molecule has 0 atom stereocenters. The third-order valence-corrected chi connectivity index (χ3v) is 6.42. The van der Waals surface area contributed by atoms with E-state index in [2.05, 4.69) is 76.2 Å². The van der Waals surface area contributed by atoms with Gasteiger partial charge in [-0.15, -0.1) is 0 Å². The average Bonchev–Trinajstić information content (AvgIpc) is 2.48. The van der Waals surface area contributed by atoms with Gasteiger partial charge in [-0.1, -0.05) is 50.6 Å². The van der Waals surface area contributed by atoms with Crippen LogP contribution in [0, 0.1) is 14.1 Å². The summed E-state index contributed by atoms with van der Waals surface area (Å²) in [5.41, 5.74) is 3.08. The summed E-state index contributed by atoms with van der Waals surface area (Å²) in [6.45, 7) is 9.03. The van der Waals surface area contributed by atoms with E-state index >= 15 is 0 Å². The van der Waals surface area contributed by atoms with Crippen molar-refractivity contribution >= 4 is 8.16 Å². The summed E-state index contributed by atoms with van der Waals surface area (Å²) in [6, 6.07) is 18.2. The summed E-state index contributed by atoms with van der Waals surface area (Å²) >= 11 is -0.0381. The van der Waals surface area contributed by atoms with Gasteiger partial charge in [0.25, 0.3) is 0 Å². The predicted molar refractivity (Wildman–Crippen MR) is 90.8 cm³/mol.